The van der Waals surface area contributed by atoms with E-state index in [1.165, 1.54) is 56.7 Å². The lowest BCUT2D eigenvalue weighted by molar-refractivity contribution is 0.108. The van der Waals surface area contributed by atoms with Crippen LogP contribution in [0, 0.1) is 0 Å². The van der Waals surface area contributed by atoms with E-state index < -0.39 is 15.7 Å². The maximum absolute atomic E-state index is 10.9. The molecule has 114 valence electrons. The molecular formula is C15H15Cl3O3. The van der Waals surface area contributed by atoms with E-state index in [1.54, 1.807) is 0 Å². The zero-order valence-corrected chi connectivity index (χ0v) is 13.6. The van der Waals surface area contributed by atoms with E-state index in [-0.39, 0.29) is 16.7 Å². The lowest BCUT2D eigenvalue weighted by atomic mass is 10.0. The van der Waals surface area contributed by atoms with Crippen molar-refractivity contribution in [1.29, 1.82) is 0 Å². The van der Waals surface area contributed by atoms with Gasteiger partial charge < -0.3 is 0 Å². The molecule has 1 saturated carbocycles. The standard InChI is InChI=1S/C9H3Cl3O3.C6H12/c10-7(13)4-1-5(8(11)14)3-6(2-4)9(12)15;1-2-4-6-5-3-1/h1-3H;1-6H2. The second-order valence-electron chi connectivity index (χ2n) is 4.74. The van der Waals surface area contributed by atoms with Crippen molar-refractivity contribution in [3.63, 3.8) is 0 Å². The molecule has 2 rings (SSSR count). The molecule has 1 aliphatic rings. The molecular weight excluding hydrogens is 335 g/mol. The van der Waals surface area contributed by atoms with Crippen LogP contribution in [-0.2, 0) is 0 Å². The number of carbonyl (C=O) groups excluding carboxylic acids is 3. The highest BCUT2D eigenvalue weighted by Crippen LogP contribution is 2.16. The van der Waals surface area contributed by atoms with Gasteiger partial charge in [-0.05, 0) is 53.0 Å². The van der Waals surface area contributed by atoms with Crippen molar-refractivity contribution in [2.24, 2.45) is 0 Å². The SMILES string of the molecule is C1CCCCC1.O=C(Cl)c1cc(C(=O)Cl)cc(C(=O)Cl)c1. The van der Waals surface area contributed by atoms with E-state index in [0.29, 0.717) is 0 Å². The lowest BCUT2D eigenvalue weighted by Gasteiger charge is -2.05. The Morgan fingerprint density at radius 3 is 0.905 bits per heavy atom. The fourth-order valence-corrected chi connectivity index (χ4v) is 2.36. The first-order chi connectivity index (χ1) is 9.91. The summed E-state index contributed by atoms with van der Waals surface area (Å²) in [4.78, 5) is 32.6. The van der Waals surface area contributed by atoms with Crippen LogP contribution in [0.4, 0.5) is 0 Å². The van der Waals surface area contributed by atoms with Crippen LogP contribution in [-0.4, -0.2) is 15.7 Å². The first kappa shape index (κ1) is 18.1. The predicted molar refractivity (Wildman–Crippen MR) is 84.7 cm³/mol. The Morgan fingerprint density at radius 2 is 0.762 bits per heavy atom. The highest BCUT2D eigenvalue weighted by Gasteiger charge is 2.12. The van der Waals surface area contributed by atoms with Crippen LogP contribution in [0.2, 0.25) is 0 Å². The van der Waals surface area contributed by atoms with Crippen LogP contribution in [0.25, 0.3) is 0 Å². The Hall–Kier alpha value is -0.900. The normalized spacial score (nSPS) is 13.9. The van der Waals surface area contributed by atoms with E-state index in [0.717, 1.165) is 0 Å². The van der Waals surface area contributed by atoms with Crippen molar-refractivity contribution >= 4 is 50.5 Å². The largest absolute Gasteiger partial charge is 0.276 e. The first-order valence-corrected chi connectivity index (χ1v) is 7.80. The van der Waals surface area contributed by atoms with E-state index in [4.69, 9.17) is 34.8 Å². The number of benzene rings is 1. The van der Waals surface area contributed by atoms with Crippen molar-refractivity contribution in [3.05, 3.63) is 34.9 Å². The molecule has 1 aromatic rings. The second-order valence-corrected chi connectivity index (χ2v) is 5.77. The molecule has 0 atom stereocenters. The third-order valence-corrected chi connectivity index (χ3v) is 3.77. The molecule has 21 heavy (non-hydrogen) atoms. The van der Waals surface area contributed by atoms with Gasteiger partial charge in [-0.1, -0.05) is 38.5 Å². The van der Waals surface area contributed by atoms with Crippen LogP contribution in [0.5, 0.6) is 0 Å². The van der Waals surface area contributed by atoms with Crippen LogP contribution in [0.15, 0.2) is 18.2 Å². The maximum Gasteiger partial charge on any atom is 0.252 e. The van der Waals surface area contributed by atoms with Gasteiger partial charge >= 0.3 is 0 Å². The average molecular weight is 350 g/mol. The van der Waals surface area contributed by atoms with Crippen molar-refractivity contribution in [2.75, 3.05) is 0 Å². The number of halogens is 3. The molecule has 0 unspecified atom stereocenters. The quantitative estimate of drug-likeness (QED) is 0.708. The number of carbonyl (C=O) groups is 3. The maximum atomic E-state index is 10.9. The van der Waals surface area contributed by atoms with Crippen molar-refractivity contribution in [1.82, 2.24) is 0 Å². The fraction of sp³-hybridized carbons (Fsp3) is 0.400. The van der Waals surface area contributed by atoms with Gasteiger partial charge in [-0.2, -0.15) is 0 Å². The van der Waals surface area contributed by atoms with Gasteiger partial charge in [0.25, 0.3) is 15.7 Å². The molecule has 1 aliphatic carbocycles. The molecule has 0 spiro atoms. The third-order valence-electron chi connectivity index (χ3n) is 3.11. The third kappa shape index (κ3) is 6.60. The summed E-state index contributed by atoms with van der Waals surface area (Å²) in [7, 11) is 0. The summed E-state index contributed by atoms with van der Waals surface area (Å²) < 4.78 is 0. The summed E-state index contributed by atoms with van der Waals surface area (Å²) in [5, 5.41) is -2.39. The minimum absolute atomic E-state index is 0.00725. The smallest absolute Gasteiger partial charge is 0.252 e. The minimum Gasteiger partial charge on any atom is -0.276 e. The van der Waals surface area contributed by atoms with E-state index in [1.807, 2.05) is 0 Å². The van der Waals surface area contributed by atoms with Gasteiger partial charge in [-0.15, -0.1) is 0 Å². The highest BCUT2D eigenvalue weighted by molar-refractivity contribution is 6.70. The van der Waals surface area contributed by atoms with Gasteiger partial charge in [-0.3, -0.25) is 14.4 Å². The van der Waals surface area contributed by atoms with Crippen LogP contribution >= 0.6 is 34.8 Å². The van der Waals surface area contributed by atoms with Crippen LogP contribution in [0.3, 0.4) is 0 Å². The number of rotatable bonds is 3. The molecule has 0 aromatic heterocycles. The lowest BCUT2D eigenvalue weighted by Crippen LogP contribution is -2.00. The number of hydrogen-bond acceptors (Lipinski definition) is 3. The fourth-order valence-electron chi connectivity index (χ4n) is 2.03. The van der Waals surface area contributed by atoms with Gasteiger partial charge in [0.2, 0.25) is 0 Å². The Bertz CT molecular complexity index is 446. The summed E-state index contributed by atoms with van der Waals surface area (Å²) in [6.07, 6.45) is 9.00. The molecule has 6 heteroatoms. The molecule has 0 aliphatic heterocycles. The molecule has 0 amide bonds. The summed E-state index contributed by atoms with van der Waals surface area (Å²) in [5.74, 6) is 0. The molecule has 0 saturated heterocycles. The van der Waals surface area contributed by atoms with Crippen LogP contribution < -0.4 is 0 Å². The van der Waals surface area contributed by atoms with E-state index in [2.05, 4.69) is 0 Å². The number of hydrogen-bond donors (Lipinski definition) is 0. The van der Waals surface area contributed by atoms with Crippen LogP contribution in [0.1, 0.15) is 69.6 Å². The van der Waals surface area contributed by atoms with Gasteiger partial charge in [0.15, 0.2) is 0 Å². The van der Waals surface area contributed by atoms with Gasteiger partial charge in [0.1, 0.15) is 0 Å². The molecule has 1 aromatic carbocycles. The zero-order chi connectivity index (χ0) is 15.8. The van der Waals surface area contributed by atoms with E-state index >= 15 is 0 Å². The van der Waals surface area contributed by atoms with Gasteiger partial charge in [-0.25, -0.2) is 0 Å². The Balaban J connectivity index is 0.000000304. The summed E-state index contributed by atoms with van der Waals surface area (Å²) >= 11 is 15.6. The Morgan fingerprint density at radius 1 is 0.571 bits per heavy atom. The first-order valence-electron chi connectivity index (χ1n) is 6.66. The summed E-state index contributed by atoms with van der Waals surface area (Å²) in [5.41, 5.74) is -0.0218. The van der Waals surface area contributed by atoms with Gasteiger partial charge in [0.05, 0.1) is 0 Å². The van der Waals surface area contributed by atoms with Crippen molar-refractivity contribution < 1.29 is 14.4 Å². The molecule has 0 bridgehead atoms. The van der Waals surface area contributed by atoms with Crippen molar-refractivity contribution in [2.45, 2.75) is 38.5 Å². The molecule has 0 heterocycles. The average Bonchev–Trinajstić information content (AvgIpc) is 2.49. The summed E-state index contributed by atoms with van der Waals surface area (Å²) in [6, 6.07) is 3.57. The molecule has 1 fully saturated rings. The summed E-state index contributed by atoms with van der Waals surface area (Å²) in [6.45, 7) is 0. The van der Waals surface area contributed by atoms with Crippen molar-refractivity contribution in [3.8, 4) is 0 Å². The topological polar surface area (TPSA) is 51.2 Å². The Kier molecular flexibility index (Phi) is 7.94. The molecule has 3 nitrogen and oxygen atoms in total. The highest BCUT2D eigenvalue weighted by atomic mass is 35.5. The monoisotopic (exact) mass is 348 g/mol. The zero-order valence-electron chi connectivity index (χ0n) is 11.3. The molecule has 0 radical (unpaired) electrons. The Labute approximate surface area is 138 Å². The van der Waals surface area contributed by atoms with E-state index in [9.17, 15) is 14.4 Å². The molecule has 0 N–H and O–H groups in total. The minimum atomic E-state index is -0.797. The second kappa shape index (κ2) is 9.19. The predicted octanol–water partition coefficient (Wildman–Crippen LogP) is 5.16. The van der Waals surface area contributed by atoms with Gasteiger partial charge in [0, 0.05) is 16.7 Å².